The first kappa shape index (κ1) is 19.3. The Morgan fingerprint density at radius 1 is 1.08 bits per heavy atom. The minimum atomic E-state index is -3.36. The molecule has 0 heterocycles. The Balaban J connectivity index is 2.02. The summed E-state index contributed by atoms with van der Waals surface area (Å²) in [5.41, 5.74) is 3.43. The highest BCUT2D eigenvalue weighted by Gasteiger charge is 2.12. The van der Waals surface area contributed by atoms with Gasteiger partial charge in [0.05, 0.1) is 17.2 Å². The molecule has 0 aliphatic heterocycles. The van der Waals surface area contributed by atoms with Crippen LogP contribution in [0.15, 0.2) is 47.4 Å². The molecule has 0 atom stereocenters. The van der Waals surface area contributed by atoms with Gasteiger partial charge in [-0.15, -0.1) is 11.8 Å². The molecule has 0 aliphatic carbocycles. The number of nitrogens with one attached hydrogen (secondary N) is 2. The number of anilines is 2. The summed E-state index contributed by atoms with van der Waals surface area (Å²) >= 11 is 1.30. The number of carbonyl (C=O) groups is 1. The normalized spacial score (nSPS) is 11.2. The Labute approximate surface area is 153 Å². The highest BCUT2D eigenvalue weighted by molar-refractivity contribution is 8.00. The van der Waals surface area contributed by atoms with Gasteiger partial charge in [-0.1, -0.05) is 29.8 Å². The van der Waals surface area contributed by atoms with E-state index in [-0.39, 0.29) is 17.4 Å². The van der Waals surface area contributed by atoms with Crippen molar-refractivity contribution in [1.82, 2.24) is 0 Å². The summed E-state index contributed by atoms with van der Waals surface area (Å²) in [6.45, 7) is 5.53. The lowest BCUT2D eigenvalue weighted by molar-refractivity contribution is -0.113. The van der Waals surface area contributed by atoms with E-state index in [0.29, 0.717) is 5.69 Å². The molecule has 0 unspecified atom stereocenters. The molecule has 7 heteroatoms. The Bertz CT molecular complexity index is 864. The molecule has 0 aromatic heterocycles. The lowest BCUT2D eigenvalue weighted by atomic mass is 10.1. The molecule has 2 aromatic carbocycles. The number of para-hydroxylation sites is 1. The first-order valence-electron chi connectivity index (χ1n) is 7.90. The van der Waals surface area contributed by atoms with E-state index in [9.17, 15) is 13.2 Å². The average molecular weight is 379 g/mol. The fourth-order valence-electron chi connectivity index (χ4n) is 2.20. The summed E-state index contributed by atoms with van der Waals surface area (Å²) in [7, 11) is -3.36. The SMILES string of the molecule is CCS(=O)(=O)Nc1ccccc1SCC(=O)Nc1ccc(C)cc1C. The highest BCUT2D eigenvalue weighted by Crippen LogP contribution is 2.28. The van der Waals surface area contributed by atoms with Crippen molar-refractivity contribution < 1.29 is 13.2 Å². The van der Waals surface area contributed by atoms with Crippen LogP contribution in [0, 0.1) is 13.8 Å². The van der Waals surface area contributed by atoms with Gasteiger partial charge in [0, 0.05) is 10.6 Å². The van der Waals surface area contributed by atoms with E-state index in [0.717, 1.165) is 21.7 Å². The molecular weight excluding hydrogens is 356 g/mol. The van der Waals surface area contributed by atoms with Gasteiger partial charge in [-0.2, -0.15) is 0 Å². The highest BCUT2D eigenvalue weighted by atomic mass is 32.2. The van der Waals surface area contributed by atoms with Gasteiger partial charge in [-0.05, 0) is 44.5 Å². The van der Waals surface area contributed by atoms with Crippen LogP contribution in [-0.2, 0) is 14.8 Å². The summed E-state index contributed by atoms with van der Waals surface area (Å²) in [6.07, 6.45) is 0. The number of sulfonamides is 1. The number of amides is 1. The van der Waals surface area contributed by atoms with Crippen molar-refractivity contribution in [2.24, 2.45) is 0 Å². The van der Waals surface area contributed by atoms with Gasteiger partial charge in [-0.3, -0.25) is 9.52 Å². The quantitative estimate of drug-likeness (QED) is 0.719. The number of hydrogen-bond acceptors (Lipinski definition) is 4. The molecule has 0 saturated heterocycles. The second kappa shape index (κ2) is 8.40. The molecule has 0 fully saturated rings. The Morgan fingerprint density at radius 2 is 1.80 bits per heavy atom. The second-order valence-corrected chi connectivity index (χ2v) is 8.69. The minimum Gasteiger partial charge on any atom is -0.325 e. The number of carbonyl (C=O) groups excluding carboxylic acids is 1. The Morgan fingerprint density at radius 3 is 2.48 bits per heavy atom. The third-order valence-electron chi connectivity index (χ3n) is 3.55. The van der Waals surface area contributed by atoms with E-state index >= 15 is 0 Å². The first-order chi connectivity index (χ1) is 11.8. The summed E-state index contributed by atoms with van der Waals surface area (Å²) < 4.78 is 26.1. The van der Waals surface area contributed by atoms with E-state index in [1.54, 1.807) is 25.1 Å². The predicted molar refractivity (Wildman–Crippen MR) is 105 cm³/mol. The third kappa shape index (κ3) is 5.79. The van der Waals surface area contributed by atoms with Crippen LogP contribution in [0.4, 0.5) is 11.4 Å². The van der Waals surface area contributed by atoms with Crippen LogP contribution < -0.4 is 10.0 Å². The fraction of sp³-hybridized carbons (Fsp3) is 0.278. The fourth-order valence-corrected chi connectivity index (χ4v) is 3.73. The predicted octanol–water partition coefficient (Wildman–Crippen LogP) is 3.80. The number of hydrogen-bond donors (Lipinski definition) is 2. The summed E-state index contributed by atoms with van der Waals surface area (Å²) in [5, 5.41) is 2.89. The molecule has 2 rings (SSSR count). The number of thioether (sulfide) groups is 1. The van der Waals surface area contributed by atoms with Gasteiger partial charge in [0.15, 0.2) is 0 Å². The average Bonchev–Trinajstić information content (AvgIpc) is 2.56. The van der Waals surface area contributed by atoms with Crippen LogP contribution in [-0.4, -0.2) is 25.8 Å². The van der Waals surface area contributed by atoms with Crippen LogP contribution in [0.25, 0.3) is 0 Å². The van der Waals surface area contributed by atoms with Gasteiger partial charge in [0.1, 0.15) is 0 Å². The molecule has 0 saturated carbocycles. The van der Waals surface area contributed by atoms with Crippen molar-refractivity contribution in [1.29, 1.82) is 0 Å². The maximum atomic E-state index is 12.2. The molecule has 1 amide bonds. The molecule has 2 aromatic rings. The lowest BCUT2D eigenvalue weighted by Crippen LogP contribution is -2.16. The zero-order valence-electron chi connectivity index (χ0n) is 14.5. The summed E-state index contributed by atoms with van der Waals surface area (Å²) in [4.78, 5) is 12.9. The van der Waals surface area contributed by atoms with Crippen LogP contribution in [0.3, 0.4) is 0 Å². The largest absolute Gasteiger partial charge is 0.325 e. The van der Waals surface area contributed by atoms with Gasteiger partial charge in [-0.25, -0.2) is 8.42 Å². The van der Waals surface area contributed by atoms with Crippen LogP contribution >= 0.6 is 11.8 Å². The van der Waals surface area contributed by atoms with E-state index in [1.165, 1.54) is 11.8 Å². The molecule has 0 radical (unpaired) electrons. The molecular formula is C18H22N2O3S2. The van der Waals surface area contributed by atoms with Crippen molar-refractivity contribution in [2.45, 2.75) is 25.7 Å². The lowest BCUT2D eigenvalue weighted by Gasteiger charge is -2.12. The zero-order chi connectivity index (χ0) is 18.4. The van der Waals surface area contributed by atoms with Gasteiger partial charge >= 0.3 is 0 Å². The summed E-state index contributed by atoms with van der Waals surface area (Å²) in [6, 6.07) is 12.9. The number of benzene rings is 2. The standard InChI is InChI=1S/C18H22N2O3S2/c1-4-25(22,23)20-16-7-5-6-8-17(16)24-12-18(21)19-15-10-9-13(2)11-14(15)3/h5-11,20H,4,12H2,1-3H3,(H,19,21). The van der Waals surface area contributed by atoms with Gasteiger partial charge < -0.3 is 5.32 Å². The third-order valence-corrected chi connectivity index (χ3v) is 5.91. The van der Waals surface area contributed by atoms with Crippen LogP contribution in [0.5, 0.6) is 0 Å². The van der Waals surface area contributed by atoms with Gasteiger partial charge in [0.25, 0.3) is 0 Å². The van der Waals surface area contributed by atoms with E-state index < -0.39 is 10.0 Å². The maximum absolute atomic E-state index is 12.2. The Kier molecular flexibility index (Phi) is 6.50. The van der Waals surface area contributed by atoms with E-state index in [4.69, 9.17) is 0 Å². The van der Waals surface area contributed by atoms with Gasteiger partial charge in [0.2, 0.25) is 15.9 Å². The zero-order valence-corrected chi connectivity index (χ0v) is 16.1. The molecule has 134 valence electrons. The molecule has 2 N–H and O–H groups in total. The molecule has 0 spiro atoms. The van der Waals surface area contributed by atoms with Crippen molar-refractivity contribution in [3.05, 3.63) is 53.6 Å². The minimum absolute atomic E-state index is 0.000806. The topological polar surface area (TPSA) is 75.3 Å². The Hall–Kier alpha value is -1.99. The van der Waals surface area contributed by atoms with Crippen LogP contribution in [0.2, 0.25) is 0 Å². The van der Waals surface area contributed by atoms with Crippen molar-refractivity contribution in [2.75, 3.05) is 21.5 Å². The first-order valence-corrected chi connectivity index (χ1v) is 10.5. The van der Waals surface area contributed by atoms with Crippen LogP contribution in [0.1, 0.15) is 18.1 Å². The van der Waals surface area contributed by atoms with E-state index in [2.05, 4.69) is 10.0 Å². The molecule has 0 aliphatic rings. The van der Waals surface area contributed by atoms with E-state index in [1.807, 2.05) is 38.1 Å². The maximum Gasteiger partial charge on any atom is 0.234 e. The molecule has 25 heavy (non-hydrogen) atoms. The monoisotopic (exact) mass is 378 g/mol. The smallest absolute Gasteiger partial charge is 0.234 e. The van der Waals surface area contributed by atoms with Crippen molar-refractivity contribution in [3.8, 4) is 0 Å². The number of aryl methyl sites for hydroxylation is 2. The van der Waals surface area contributed by atoms with Crippen molar-refractivity contribution >= 4 is 39.1 Å². The molecule has 0 bridgehead atoms. The molecule has 5 nitrogen and oxygen atoms in total. The second-order valence-electron chi connectivity index (χ2n) is 5.66. The number of rotatable bonds is 7. The summed E-state index contributed by atoms with van der Waals surface area (Å²) in [5.74, 6) is 0.0577. The van der Waals surface area contributed by atoms with Crippen molar-refractivity contribution in [3.63, 3.8) is 0 Å².